The van der Waals surface area contributed by atoms with Crippen LogP contribution in [-0.2, 0) is 10.0 Å². The molecule has 1 rings (SSSR count). The summed E-state index contributed by atoms with van der Waals surface area (Å²) in [5.74, 6) is -0.257. The molecule has 1 amide bonds. The molecule has 136 valence electrons. The first-order chi connectivity index (χ1) is 11.0. The Morgan fingerprint density at radius 2 is 1.88 bits per heavy atom. The van der Waals surface area contributed by atoms with E-state index in [1.165, 1.54) is 12.1 Å². The van der Waals surface area contributed by atoms with E-state index in [-0.39, 0.29) is 16.2 Å². The Hall–Kier alpha value is -1.44. The molecule has 0 aliphatic heterocycles. The van der Waals surface area contributed by atoms with E-state index in [1.54, 1.807) is 19.9 Å². The molecule has 0 saturated heterocycles. The van der Waals surface area contributed by atoms with Gasteiger partial charge in [-0.3, -0.25) is 4.79 Å². The summed E-state index contributed by atoms with van der Waals surface area (Å²) in [5.41, 5.74) is 1.04. The van der Waals surface area contributed by atoms with E-state index in [0.29, 0.717) is 18.7 Å². The second kappa shape index (κ2) is 8.09. The summed E-state index contributed by atoms with van der Waals surface area (Å²) in [6, 6.07) is 4.60. The quantitative estimate of drug-likeness (QED) is 0.743. The zero-order valence-electron chi connectivity index (χ0n) is 15.4. The van der Waals surface area contributed by atoms with Crippen molar-refractivity contribution in [2.45, 2.75) is 32.6 Å². The van der Waals surface area contributed by atoms with Crippen LogP contribution in [0.5, 0.6) is 0 Å². The number of sulfonamides is 1. The van der Waals surface area contributed by atoms with Crippen molar-refractivity contribution in [2.75, 3.05) is 33.7 Å². The number of hydrogen-bond donors (Lipinski definition) is 2. The highest BCUT2D eigenvalue weighted by Gasteiger charge is 2.22. The van der Waals surface area contributed by atoms with E-state index in [0.717, 1.165) is 12.1 Å². The van der Waals surface area contributed by atoms with Gasteiger partial charge in [0.25, 0.3) is 5.91 Å². The van der Waals surface area contributed by atoms with Gasteiger partial charge in [0.1, 0.15) is 0 Å². The maximum Gasteiger partial charge on any atom is 0.251 e. The van der Waals surface area contributed by atoms with E-state index in [9.17, 15) is 13.2 Å². The minimum atomic E-state index is -3.58. The molecule has 6 nitrogen and oxygen atoms in total. The van der Waals surface area contributed by atoms with Crippen molar-refractivity contribution < 1.29 is 13.2 Å². The maximum absolute atomic E-state index is 12.5. The Bertz CT molecular complexity index is 682. The van der Waals surface area contributed by atoms with Crippen molar-refractivity contribution in [1.29, 1.82) is 0 Å². The van der Waals surface area contributed by atoms with Crippen molar-refractivity contribution in [3.8, 4) is 0 Å². The first-order valence-corrected chi connectivity index (χ1v) is 9.50. The van der Waals surface area contributed by atoms with Crippen LogP contribution in [0.3, 0.4) is 0 Å². The van der Waals surface area contributed by atoms with E-state index < -0.39 is 10.0 Å². The van der Waals surface area contributed by atoms with Gasteiger partial charge in [0.15, 0.2) is 0 Å². The summed E-state index contributed by atoms with van der Waals surface area (Å²) in [7, 11) is 0.399. The molecule has 0 unspecified atom stereocenters. The summed E-state index contributed by atoms with van der Waals surface area (Å²) in [6.07, 6.45) is 0. The molecule has 2 N–H and O–H groups in total. The molecular weight excluding hydrogens is 326 g/mol. The molecule has 0 aromatic heterocycles. The number of aryl methyl sites for hydroxylation is 1. The van der Waals surface area contributed by atoms with Crippen molar-refractivity contribution in [3.05, 3.63) is 29.3 Å². The van der Waals surface area contributed by atoms with Crippen LogP contribution in [0.1, 0.15) is 36.7 Å². The highest BCUT2D eigenvalue weighted by molar-refractivity contribution is 7.89. The normalized spacial score (nSPS) is 12.5. The third kappa shape index (κ3) is 5.89. The monoisotopic (exact) mass is 355 g/mol. The second-order valence-corrected chi connectivity index (χ2v) is 8.83. The summed E-state index contributed by atoms with van der Waals surface area (Å²) in [6.45, 7) is 9.30. The van der Waals surface area contributed by atoms with Gasteiger partial charge in [-0.25, -0.2) is 13.1 Å². The summed E-state index contributed by atoms with van der Waals surface area (Å²) in [5, 5.41) is 2.92. The van der Waals surface area contributed by atoms with Gasteiger partial charge < -0.3 is 10.2 Å². The number of nitrogens with zero attached hydrogens (tertiary/aromatic N) is 1. The van der Waals surface area contributed by atoms with Gasteiger partial charge in [-0.15, -0.1) is 0 Å². The number of carbonyl (C=O) groups excluding carboxylic acids is 1. The second-order valence-electron chi connectivity index (χ2n) is 7.06. The van der Waals surface area contributed by atoms with Crippen molar-refractivity contribution in [2.24, 2.45) is 5.41 Å². The summed E-state index contributed by atoms with van der Waals surface area (Å²) >= 11 is 0. The third-order valence-electron chi connectivity index (χ3n) is 3.57. The minimum Gasteiger partial charge on any atom is -0.351 e. The zero-order valence-corrected chi connectivity index (χ0v) is 16.3. The Labute approximate surface area is 145 Å². The van der Waals surface area contributed by atoms with Crippen LogP contribution in [0.2, 0.25) is 0 Å². The highest BCUT2D eigenvalue weighted by Crippen LogP contribution is 2.18. The third-order valence-corrected chi connectivity index (χ3v) is 5.11. The van der Waals surface area contributed by atoms with Gasteiger partial charge >= 0.3 is 0 Å². The lowest BCUT2D eigenvalue weighted by Gasteiger charge is -2.28. The van der Waals surface area contributed by atoms with Crippen molar-refractivity contribution >= 4 is 15.9 Å². The first-order valence-electron chi connectivity index (χ1n) is 8.02. The Morgan fingerprint density at radius 1 is 1.25 bits per heavy atom. The standard InChI is InChI=1S/C17H29N3O3S/c1-7-19-24(22,23)14-9-8-13(2)15(10-14)16(21)18-11-17(3,4)12-20(5)6/h8-10,19H,7,11-12H2,1-6H3,(H,18,21). The molecule has 0 bridgehead atoms. The van der Waals surface area contributed by atoms with Gasteiger partial charge in [-0.05, 0) is 44.1 Å². The lowest BCUT2D eigenvalue weighted by molar-refractivity contribution is 0.0928. The molecule has 0 heterocycles. The van der Waals surface area contributed by atoms with Crippen LogP contribution < -0.4 is 10.0 Å². The molecule has 0 radical (unpaired) electrons. The first kappa shape index (κ1) is 20.6. The summed E-state index contributed by atoms with van der Waals surface area (Å²) < 4.78 is 26.7. The maximum atomic E-state index is 12.5. The largest absolute Gasteiger partial charge is 0.351 e. The van der Waals surface area contributed by atoms with E-state index in [2.05, 4.69) is 28.8 Å². The lowest BCUT2D eigenvalue weighted by atomic mass is 9.92. The molecule has 24 heavy (non-hydrogen) atoms. The molecule has 0 fully saturated rings. The lowest BCUT2D eigenvalue weighted by Crippen LogP contribution is -2.40. The van der Waals surface area contributed by atoms with Gasteiger partial charge in [-0.1, -0.05) is 26.8 Å². The van der Waals surface area contributed by atoms with Crippen LogP contribution in [0.4, 0.5) is 0 Å². The fourth-order valence-corrected chi connectivity index (χ4v) is 3.68. The van der Waals surface area contributed by atoms with Gasteiger partial charge in [0, 0.05) is 25.2 Å². The van der Waals surface area contributed by atoms with Crippen LogP contribution in [0.25, 0.3) is 0 Å². The molecule has 0 spiro atoms. The molecule has 0 saturated carbocycles. The highest BCUT2D eigenvalue weighted by atomic mass is 32.2. The van der Waals surface area contributed by atoms with Gasteiger partial charge in [-0.2, -0.15) is 0 Å². The van der Waals surface area contributed by atoms with Crippen molar-refractivity contribution in [1.82, 2.24) is 14.9 Å². The van der Waals surface area contributed by atoms with Gasteiger partial charge in [0.05, 0.1) is 4.90 Å². The predicted molar refractivity (Wildman–Crippen MR) is 96.7 cm³/mol. The molecule has 1 aromatic rings. The Balaban J connectivity index is 2.95. The molecular formula is C17H29N3O3S. The van der Waals surface area contributed by atoms with Crippen molar-refractivity contribution in [3.63, 3.8) is 0 Å². The molecule has 0 aliphatic rings. The van der Waals surface area contributed by atoms with Crippen LogP contribution in [-0.4, -0.2) is 53.0 Å². The molecule has 0 aliphatic carbocycles. The smallest absolute Gasteiger partial charge is 0.251 e. The van der Waals surface area contributed by atoms with Gasteiger partial charge in [0.2, 0.25) is 10.0 Å². The fourth-order valence-electron chi connectivity index (χ4n) is 2.61. The topological polar surface area (TPSA) is 78.5 Å². The molecule has 0 atom stereocenters. The number of hydrogen-bond acceptors (Lipinski definition) is 4. The SMILES string of the molecule is CCNS(=O)(=O)c1ccc(C)c(C(=O)NCC(C)(C)CN(C)C)c1. The van der Waals surface area contributed by atoms with E-state index in [1.807, 2.05) is 14.1 Å². The molecule has 7 heteroatoms. The number of rotatable bonds is 8. The average molecular weight is 356 g/mol. The average Bonchev–Trinajstić information content (AvgIpc) is 2.43. The van der Waals surface area contributed by atoms with E-state index >= 15 is 0 Å². The Kier molecular flexibility index (Phi) is 6.95. The molecule has 1 aromatic carbocycles. The van der Waals surface area contributed by atoms with Crippen LogP contribution >= 0.6 is 0 Å². The van der Waals surface area contributed by atoms with Crippen LogP contribution in [0.15, 0.2) is 23.1 Å². The number of benzene rings is 1. The van der Waals surface area contributed by atoms with Crippen LogP contribution in [0, 0.1) is 12.3 Å². The Morgan fingerprint density at radius 3 is 2.42 bits per heavy atom. The fraction of sp³-hybridized carbons (Fsp3) is 0.588. The minimum absolute atomic E-state index is 0.0828. The number of nitrogens with one attached hydrogen (secondary N) is 2. The zero-order chi connectivity index (χ0) is 18.5. The summed E-state index contributed by atoms with van der Waals surface area (Å²) in [4.78, 5) is 14.7. The van der Waals surface area contributed by atoms with E-state index in [4.69, 9.17) is 0 Å². The predicted octanol–water partition coefficient (Wildman–Crippen LogP) is 1.61. The number of amides is 1. The number of carbonyl (C=O) groups is 1.